The minimum atomic E-state index is 0.238. The number of nitrogens with one attached hydrogen (secondary N) is 2. The van der Waals surface area contributed by atoms with Crippen LogP contribution in [-0.4, -0.2) is 38.6 Å². The van der Waals surface area contributed by atoms with E-state index in [1.165, 1.54) is 24.8 Å². The van der Waals surface area contributed by atoms with Crippen LogP contribution >= 0.6 is 0 Å². The first-order valence-corrected chi connectivity index (χ1v) is 9.26. The highest BCUT2D eigenvalue weighted by molar-refractivity contribution is 5.79. The maximum Gasteiger partial charge on any atom is 0.191 e. The average Bonchev–Trinajstić information content (AvgIpc) is 2.64. The molecule has 0 radical (unpaired) electrons. The fourth-order valence-corrected chi connectivity index (χ4v) is 3.43. The highest BCUT2D eigenvalue weighted by atomic mass is 15.2. The van der Waals surface area contributed by atoms with E-state index in [-0.39, 0.29) is 5.41 Å². The summed E-state index contributed by atoms with van der Waals surface area (Å²) in [6.45, 7) is 1.56. The molecule has 138 valence electrons. The number of hydrogen-bond donors (Lipinski definition) is 2. The van der Waals surface area contributed by atoms with Gasteiger partial charge in [0.1, 0.15) is 5.82 Å². The standard InChI is InChI=1S/C21H29N5/c1-22-20(23-15-18-11-7-12-19(25-18)26(2)3)24-16-21(13-8-14-21)17-9-5-4-6-10-17/h4-7,9-12H,8,13-16H2,1-3H3,(H2,22,23,24). The average molecular weight is 351 g/mol. The molecular formula is C21H29N5. The van der Waals surface area contributed by atoms with Gasteiger partial charge in [-0.25, -0.2) is 4.98 Å². The van der Waals surface area contributed by atoms with E-state index < -0.39 is 0 Å². The summed E-state index contributed by atoms with van der Waals surface area (Å²) in [6.07, 6.45) is 3.75. The molecule has 1 saturated carbocycles. The molecular weight excluding hydrogens is 322 g/mol. The normalized spacial score (nSPS) is 15.9. The highest BCUT2D eigenvalue weighted by Gasteiger charge is 2.38. The molecule has 0 aliphatic heterocycles. The van der Waals surface area contributed by atoms with Crippen LogP contribution in [-0.2, 0) is 12.0 Å². The topological polar surface area (TPSA) is 52.6 Å². The fourth-order valence-electron chi connectivity index (χ4n) is 3.43. The molecule has 1 heterocycles. The van der Waals surface area contributed by atoms with E-state index in [0.717, 1.165) is 24.0 Å². The Morgan fingerprint density at radius 3 is 2.46 bits per heavy atom. The smallest absolute Gasteiger partial charge is 0.191 e. The molecule has 1 aromatic carbocycles. The molecule has 1 aliphatic carbocycles. The second-order valence-electron chi connectivity index (χ2n) is 7.16. The minimum absolute atomic E-state index is 0.238. The molecule has 0 bridgehead atoms. The van der Waals surface area contributed by atoms with Gasteiger partial charge in [-0.2, -0.15) is 0 Å². The van der Waals surface area contributed by atoms with Crippen LogP contribution in [0.4, 0.5) is 5.82 Å². The summed E-state index contributed by atoms with van der Waals surface area (Å²) in [5, 5.41) is 6.90. The predicted octanol–water partition coefficient (Wildman–Crippen LogP) is 2.93. The number of pyridine rings is 1. The van der Waals surface area contributed by atoms with Crippen LogP contribution in [0.5, 0.6) is 0 Å². The molecule has 1 aromatic heterocycles. The van der Waals surface area contributed by atoms with Crippen LogP contribution in [0.3, 0.4) is 0 Å². The van der Waals surface area contributed by atoms with Crippen molar-refractivity contribution in [3.63, 3.8) is 0 Å². The van der Waals surface area contributed by atoms with Crippen LogP contribution in [0.2, 0.25) is 0 Å². The van der Waals surface area contributed by atoms with E-state index in [1.54, 1.807) is 0 Å². The first-order valence-electron chi connectivity index (χ1n) is 9.26. The fraction of sp³-hybridized carbons (Fsp3) is 0.429. The Hall–Kier alpha value is -2.56. The third-order valence-electron chi connectivity index (χ3n) is 5.20. The van der Waals surface area contributed by atoms with Crippen LogP contribution in [0, 0.1) is 0 Å². The molecule has 0 amide bonds. The maximum atomic E-state index is 4.64. The quantitative estimate of drug-likeness (QED) is 0.621. The summed E-state index contributed by atoms with van der Waals surface area (Å²) in [6, 6.07) is 16.9. The largest absolute Gasteiger partial charge is 0.363 e. The summed E-state index contributed by atoms with van der Waals surface area (Å²) in [5.74, 6) is 1.79. The van der Waals surface area contributed by atoms with Crippen molar-refractivity contribution in [2.45, 2.75) is 31.2 Å². The number of hydrogen-bond acceptors (Lipinski definition) is 3. The molecule has 2 N–H and O–H groups in total. The molecule has 0 unspecified atom stereocenters. The molecule has 1 fully saturated rings. The van der Waals surface area contributed by atoms with Gasteiger partial charge in [-0.05, 0) is 30.5 Å². The molecule has 26 heavy (non-hydrogen) atoms. The zero-order valence-electron chi connectivity index (χ0n) is 16.0. The first-order chi connectivity index (χ1) is 12.6. The minimum Gasteiger partial charge on any atom is -0.363 e. The van der Waals surface area contributed by atoms with Crippen molar-refractivity contribution >= 4 is 11.8 Å². The predicted molar refractivity (Wildman–Crippen MR) is 109 cm³/mol. The van der Waals surface area contributed by atoms with Crippen molar-refractivity contribution in [1.29, 1.82) is 0 Å². The lowest BCUT2D eigenvalue weighted by atomic mass is 9.64. The summed E-state index contributed by atoms with van der Waals surface area (Å²) >= 11 is 0. The number of guanidine groups is 1. The summed E-state index contributed by atoms with van der Waals surface area (Å²) in [5.41, 5.74) is 2.66. The van der Waals surface area contributed by atoms with Crippen LogP contribution in [0.1, 0.15) is 30.5 Å². The molecule has 5 nitrogen and oxygen atoms in total. The van der Waals surface area contributed by atoms with Gasteiger partial charge >= 0.3 is 0 Å². The van der Waals surface area contributed by atoms with E-state index in [0.29, 0.717) is 6.54 Å². The number of aliphatic imine (C=N–C) groups is 1. The zero-order valence-corrected chi connectivity index (χ0v) is 16.0. The number of nitrogens with zero attached hydrogens (tertiary/aromatic N) is 3. The van der Waals surface area contributed by atoms with Gasteiger partial charge in [0.25, 0.3) is 0 Å². The van der Waals surface area contributed by atoms with Crippen molar-refractivity contribution in [1.82, 2.24) is 15.6 Å². The number of benzene rings is 1. The van der Waals surface area contributed by atoms with Gasteiger partial charge in [-0.15, -0.1) is 0 Å². The van der Waals surface area contributed by atoms with Crippen molar-refractivity contribution in [2.75, 3.05) is 32.6 Å². The lowest BCUT2D eigenvalue weighted by molar-refractivity contribution is 0.244. The lowest BCUT2D eigenvalue weighted by Gasteiger charge is -2.43. The van der Waals surface area contributed by atoms with Crippen molar-refractivity contribution in [3.8, 4) is 0 Å². The Balaban J connectivity index is 1.58. The molecule has 1 aliphatic rings. The molecule has 5 heteroatoms. The molecule has 0 spiro atoms. The summed E-state index contributed by atoms with van der Waals surface area (Å²) in [4.78, 5) is 11.0. The van der Waals surface area contributed by atoms with E-state index in [4.69, 9.17) is 0 Å². The zero-order chi connectivity index (χ0) is 18.4. The Bertz CT molecular complexity index is 735. The Morgan fingerprint density at radius 2 is 1.85 bits per heavy atom. The van der Waals surface area contributed by atoms with Gasteiger partial charge < -0.3 is 15.5 Å². The first kappa shape index (κ1) is 18.2. The Labute approximate surface area is 156 Å². The number of aromatic nitrogens is 1. The third kappa shape index (κ3) is 4.15. The number of anilines is 1. The monoisotopic (exact) mass is 351 g/mol. The number of rotatable bonds is 6. The second-order valence-corrected chi connectivity index (χ2v) is 7.16. The highest BCUT2D eigenvalue weighted by Crippen LogP contribution is 2.43. The van der Waals surface area contributed by atoms with Crippen molar-refractivity contribution < 1.29 is 0 Å². The van der Waals surface area contributed by atoms with Crippen molar-refractivity contribution in [3.05, 3.63) is 59.8 Å². The Kier molecular flexibility index (Phi) is 5.76. The van der Waals surface area contributed by atoms with Gasteiger partial charge in [-0.3, -0.25) is 4.99 Å². The van der Waals surface area contributed by atoms with Crippen LogP contribution in [0.25, 0.3) is 0 Å². The van der Waals surface area contributed by atoms with E-state index in [9.17, 15) is 0 Å². The molecule has 2 aromatic rings. The van der Waals surface area contributed by atoms with Crippen LogP contribution < -0.4 is 15.5 Å². The van der Waals surface area contributed by atoms with E-state index in [2.05, 4.69) is 50.9 Å². The van der Waals surface area contributed by atoms with E-state index in [1.807, 2.05) is 44.2 Å². The van der Waals surface area contributed by atoms with E-state index >= 15 is 0 Å². The lowest BCUT2D eigenvalue weighted by Crippen LogP contribution is -2.48. The summed E-state index contributed by atoms with van der Waals surface area (Å²) in [7, 11) is 5.82. The van der Waals surface area contributed by atoms with Gasteiger partial charge in [0.05, 0.1) is 12.2 Å². The van der Waals surface area contributed by atoms with Gasteiger partial charge in [-0.1, -0.05) is 42.8 Å². The Morgan fingerprint density at radius 1 is 1.08 bits per heavy atom. The van der Waals surface area contributed by atoms with Crippen LogP contribution in [0.15, 0.2) is 53.5 Å². The molecule has 0 saturated heterocycles. The van der Waals surface area contributed by atoms with Crippen molar-refractivity contribution in [2.24, 2.45) is 4.99 Å². The van der Waals surface area contributed by atoms with Gasteiger partial charge in [0.15, 0.2) is 5.96 Å². The summed E-state index contributed by atoms with van der Waals surface area (Å²) < 4.78 is 0. The van der Waals surface area contributed by atoms with Gasteiger partial charge in [0.2, 0.25) is 0 Å². The third-order valence-corrected chi connectivity index (χ3v) is 5.20. The molecule has 0 atom stereocenters. The maximum absolute atomic E-state index is 4.64. The molecule has 3 rings (SSSR count). The SMILES string of the molecule is CN=C(NCc1cccc(N(C)C)n1)NCC1(c2ccccc2)CCC1. The van der Waals surface area contributed by atoms with Gasteiger partial charge in [0, 0.05) is 33.1 Å². The second kappa shape index (κ2) is 8.21.